The number of hydrogen-bond donors (Lipinski definition) is 0. The summed E-state index contributed by atoms with van der Waals surface area (Å²) in [7, 11) is 0. The zero-order valence-corrected chi connectivity index (χ0v) is 7.91. The summed E-state index contributed by atoms with van der Waals surface area (Å²) in [5.74, 6) is 0.423. The first-order valence-electron chi connectivity index (χ1n) is 3.92. The zero-order chi connectivity index (χ0) is 9.02. The molecular formula is C11H18. The van der Waals surface area contributed by atoms with Crippen LogP contribution in [0, 0.1) is 5.92 Å². The van der Waals surface area contributed by atoms with Gasteiger partial charge in [-0.3, -0.25) is 0 Å². The van der Waals surface area contributed by atoms with Crippen LogP contribution in [-0.4, -0.2) is 0 Å². The first-order valence-corrected chi connectivity index (χ1v) is 3.92. The molecule has 0 aliphatic heterocycles. The fraction of sp³-hybridized carbons (Fsp3) is 0.455. The van der Waals surface area contributed by atoms with E-state index in [0.717, 1.165) is 6.42 Å². The normalized spacial score (nSPS) is 12.3. The van der Waals surface area contributed by atoms with Crippen molar-refractivity contribution in [1.82, 2.24) is 0 Å². The SMILES string of the molecule is C=C(C)CC(=C)C(C)C(=C)C. The fourth-order valence-electron chi connectivity index (χ4n) is 0.889. The van der Waals surface area contributed by atoms with Crippen molar-refractivity contribution in [2.75, 3.05) is 0 Å². The van der Waals surface area contributed by atoms with Crippen LogP contribution in [0.25, 0.3) is 0 Å². The molecule has 0 aromatic heterocycles. The third-order valence-corrected chi connectivity index (χ3v) is 1.88. The maximum Gasteiger partial charge on any atom is -0.00264 e. The Morgan fingerprint density at radius 3 is 1.91 bits per heavy atom. The molecule has 0 N–H and O–H groups in total. The Kier molecular flexibility index (Phi) is 3.88. The van der Waals surface area contributed by atoms with Crippen LogP contribution in [0.5, 0.6) is 0 Å². The second-order valence-electron chi connectivity index (χ2n) is 3.36. The average Bonchev–Trinajstić information content (AvgIpc) is 1.84. The van der Waals surface area contributed by atoms with Gasteiger partial charge in [0.15, 0.2) is 0 Å². The number of allylic oxidation sites excluding steroid dienone is 3. The summed E-state index contributed by atoms with van der Waals surface area (Å²) in [6, 6.07) is 0. The van der Waals surface area contributed by atoms with Gasteiger partial charge in [-0.05, 0) is 26.2 Å². The van der Waals surface area contributed by atoms with E-state index >= 15 is 0 Å². The van der Waals surface area contributed by atoms with Gasteiger partial charge in [0.1, 0.15) is 0 Å². The lowest BCUT2D eigenvalue weighted by molar-refractivity contribution is 0.775. The highest BCUT2D eigenvalue weighted by Crippen LogP contribution is 2.21. The molecule has 0 aromatic carbocycles. The molecular weight excluding hydrogens is 132 g/mol. The minimum Gasteiger partial charge on any atom is -0.0998 e. The van der Waals surface area contributed by atoms with Crippen molar-refractivity contribution in [2.45, 2.75) is 27.2 Å². The van der Waals surface area contributed by atoms with Gasteiger partial charge >= 0.3 is 0 Å². The monoisotopic (exact) mass is 150 g/mol. The largest absolute Gasteiger partial charge is 0.0998 e. The molecule has 0 heterocycles. The predicted molar refractivity (Wildman–Crippen MR) is 52.5 cm³/mol. The minimum atomic E-state index is 0.423. The van der Waals surface area contributed by atoms with E-state index < -0.39 is 0 Å². The van der Waals surface area contributed by atoms with Crippen LogP contribution in [-0.2, 0) is 0 Å². The van der Waals surface area contributed by atoms with Gasteiger partial charge in [0, 0.05) is 0 Å². The van der Waals surface area contributed by atoms with E-state index in [2.05, 4.69) is 26.7 Å². The molecule has 0 aliphatic rings. The van der Waals surface area contributed by atoms with Crippen LogP contribution in [0.1, 0.15) is 27.2 Å². The number of hydrogen-bond acceptors (Lipinski definition) is 0. The first kappa shape index (κ1) is 10.2. The van der Waals surface area contributed by atoms with Crippen molar-refractivity contribution >= 4 is 0 Å². The first-order chi connectivity index (χ1) is 4.95. The van der Waals surface area contributed by atoms with Crippen molar-refractivity contribution in [3.05, 3.63) is 36.5 Å². The van der Waals surface area contributed by atoms with E-state index in [4.69, 9.17) is 0 Å². The van der Waals surface area contributed by atoms with Gasteiger partial charge < -0.3 is 0 Å². The molecule has 0 saturated carbocycles. The molecule has 0 fully saturated rings. The van der Waals surface area contributed by atoms with Crippen molar-refractivity contribution < 1.29 is 0 Å². The highest BCUT2D eigenvalue weighted by atomic mass is 14.1. The molecule has 0 amide bonds. The summed E-state index contributed by atoms with van der Waals surface area (Å²) in [6.45, 7) is 17.9. The van der Waals surface area contributed by atoms with Gasteiger partial charge in [-0.15, -0.1) is 0 Å². The van der Waals surface area contributed by atoms with E-state index in [1.165, 1.54) is 16.7 Å². The molecule has 0 bridgehead atoms. The van der Waals surface area contributed by atoms with E-state index in [1.807, 2.05) is 13.8 Å². The molecule has 0 spiro atoms. The molecule has 1 unspecified atom stereocenters. The average molecular weight is 150 g/mol. The Hall–Kier alpha value is -0.780. The van der Waals surface area contributed by atoms with Crippen LogP contribution in [0.15, 0.2) is 36.5 Å². The molecule has 62 valence electrons. The highest BCUT2D eigenvalue weighted by Gasteiger charge is 2.06. The quantitative estimate of drug-likeness (QED) is 0.536. The minimum absolute atomic E-state index is 0.423. The molecule has 1 atom stereocenters. The van der Waals surface area contributed by atoms with Crippen molar-refractivity contribution in [3.8, 4) is 0 Å². The Bertz CT molecular complexity index is 184. The summed E-state index contributed by atoms with van der Waals surface area (Å²) >= 11 is 0. The van der Waals surface area contributed by atoms with Gasteiger partial charge in [-0.2, -0.15) is 0 Å². The smallest absolute Gasteiger partial charge is 0.00264 e. The lowest BCUT2D eigenvalue weighted by Crippen LogP contribution is -1.99. The van der Waals surface area contributed by atoms with E-state index in [-0.39, 0.29) is 0 Å². The molecule has 0 aliphatic carbocycles. The Labute approximate surface area is 70.3 Å². The van der Waals surface area contributed by atoms with E-state index in [0.29, 0.717) is 5.92 Å². The topological polar surface area (TPSA) is 0 Å². The second-order valence-corrected chi connectivity index (χ2v) is 3.36. The molecule has 11 heavy (non-hydrogen) atoms. The van der Waals surface area contributed by atoms with Crippen LogP contribution in [0.2, 0.25) is 0 Å². The lowest BCUT2D eigenvalue weighted by atomic mass is 9.92. The highest BCUT2D eigenvalue weighted by molar-refractivity contribution is 5.17. The molecule has 0 radical (unpaired) electrons. The van der Waals surface area contributed by atoms with Gasteiger partial charge in [-0.25, -0.2) is 0 Å². The van der Waals surface area contributed by atoms with Gasteiger partial charge in [0.2, 0.25) is 0 Å². The zero-order valence-electron chi connectivity index (χ0n) is 7.91. The fourth-order valence-corrected chi connectivity index (χ4v) is 0.889. The van der Waals surface area contributed by atoms with Crippen LogP contribution < -0.4 is 0 Å². The lowest BCUT2D eigenvalue weighted by Gasteiger charge is -2.14. The summed E-state index contributed by atoms with van der Waals surface area (Å²) < 4.78 is 0. The van der Waals surface area contributed by atoms with Crippen LogP contribution in [0.3, 0.4) is 0 Å². The maximum absolute atomic E-state index is 3.99. The molecule has 0 rings (SSSR count). The van der Waals surface area contributed by atoms with Crippen LogP contribution >= 0.6 is 0 Å². The second kappa shape index (κ2) is 4.17. The Balaban J connectivity index is 4.04. The Morgan fingerprint density at radius 1 is 1.18 bits per heavy atom. The van der Waals surface area contributed by atoms with Crippen molar-refractivity contribution in [2.24, 2.45) is 5.92 Å². The van der Waals surface area contributed by atoms with Crippen molar-refractivity contribution in [1.29, 1.82) is 0 Å². The van der Waals surface area contributed by atoms with Gasteiger partial charge in [0.05, 0.1) is 0 Å². The standard InChI is InChI=1S/C11H18/c1-8(2)7-10(5)11(6)9(3)4/h11H,1,3,5,7H2,2,4,6H3. The molecule has 0 heteroatoms. The summed E-state index contributed by atoms with van der Waals surface area (Å²) in [5.41, 5.74) is 3.56. The molecule has 0 saturated heterocycles. The Morgan fingerprint density at radius 2 is 1.64 bits per heavy atom. The predicted octanol–water partition coefficient (Wildman–Crippen LogP) is 3.72. The van der Waals surface area contributed by atoms with Crippen molar-refractivity contribution in [3.63, 3.8) is 0 Å². The third-order valence-electron chi connectivity index (χ3n) is 1.88. The maximum atomic E-state index is 3.99. The van der Waals surface area contributed by atoms with E-state index in [9.17, 15) is 0 Å². The molecule has 0 aromatic rings. The van der Waals surface area contributed by atoms with Gasteiger partial charge in [-0.1, -0.05) is 43.4 Å². The summed E-state index contributed by atoms with van der Waals surface area (Å²) in [4.78, 5) is 0. The van der Waals surface area contributed by atoms with E-state index in [1.54, 1.807) is 0 Å². The van der Waals surface area contributed by atoms with Gasteiger partial charge in [0.25, 0.3) is 0 Å². The van der Waals surface area contributed by atoms with Crippen LogP contribution in [0.4, 0.5) is 0 Å². The number of rotatable bonds is 4. The summed E-state index contributed by atoms with van der Waals surface area (Å²) in [5, 5.41) is 0. The summed E-state index contributed by atoms with van der Waals surface area (Å²) in [6.07, 6.45) is 0.925. The molecule has 0 nitrogen and oxygen atoms in total. The third kappa shape index (κ3) is 3.82.